The predicted molar refractivity (Wildman–Crippen MR) is 74.2 cm³/mol. The molecule has 2 rings (SSSR count). The van der Waals surface area contributed by atoms with Gasteiger partial charge in [-0.2, -0.15) is 12.6 Å². The van der Waals surface area contributed by atoms with Gasteiger partial charge in [-0.1, -0.05) is 0 Å². The Labute approximate surface area is 132 Å². The van der Waals surface area contributed by atoms with Gasteiger partial charge in [0.1, 0.15) is 42.7 Å². The van der Waals surface area contributed by atoms with Crippen molar-refractivity contribution in [3.8, 4) is 0 Å². The van der Waals surface area contributed by atoms with Crippen molar-refractivity contribution in [2.24, 2.45) is 0 Å². The molecule has 0 radical (unpaired) electrons. The lowest BCUT2D eigenvalue weighted by molar-refractivity contribution is -0.330. The molecule has 2 fully saturated rings. The van der Waals surface area contributed by atoms with Crippen molar-refractivity contribution in [1.82, 2.24) is 0 Å². The molecule has 9 atom stereocenters. The fourth-order valence-corrected chi connectivity index (χ4v) is 2.82. The van der Waals surface area contributed by atoms with E-state index in [1.54, 1.807) is 0 Å². The Hall–Kier alpha value is -0.0100. The Morgan fingerprint density at radius 2 is 1.64 bits per heavy atom. The van der Waals surface area contributed by atoms with Crippen molar-refractivity contribution in [2.75, 3.05) is 19.0 Å². The predicted octanol–water partition coefficient (Wildman–Crippen LogP) is -3.78. The van der Waals surface area contributed by atoms with Crippen molar-refractivity contribution in [2.45, 2.75) is 55.1 Å². The summed E-state index contributed by atoms with van der Waals surface area (Å²) in [5.74, 6) is 0.0700. The van der Waals surface area contributed by atoms with Gasteiger partial charge in [-0.05, 0) is 0 Å². The van der Waals surface area contributed by atoms with Crippen LogP contribution in [0, 0.1) is 0 Å². The topological polar surface area (TPSA) is 149 Å². The highest BCUT2D eigenvalue weighted by atomic mass is 32.1. The maximum absolute atomic E-state index is 9.97. The normalized spacial score (nSPS) is 50.0. The number of hydrogen-bond acceptors (Lipinski definition) is 10. The van der Waals surface area contributed by atoms with Crippen LogP contribution in [0.25, 0.3) is 0 Å². The van der Waals surface area contributed by atoms with Crippen molar-refractivity contribution in [3.05, 3.63) is 0 Å². The standard InChI is InChI=1S/C12H22O9S/c13-1-5-11(7(15)4(14)2-19-5)21-12-10(18)9(17)8(16)6(3-22)20-12/h4-18,22H,1-3H2/t4?,5?,6?,7?,8-,9?,10?,11+,12-/m0/s1. The van der Waals surface area contributed by atoms with Crippen molar-refractivity contribution >= 4 is 12.6 Å². The summed E-state index contributed by atoms with van der Waals surface area (Å²) in [5, 5.41) is 58.3. The van der Waals surface area contributed by atoms with E-state index in [0.29, 0.717) is 0 Å². The van der Waals surface area contributed by atoms with Crippen molar-refractivity contribution in [1.29, 1.82) is 0 Å². The summed E-state index contributed by atoms with van der Waals surface area (Å²) in [7, 11) is 0. The van der Waals surface area contributed by atoms with Crippen LogP contribution < -0.4 is 0 Å². The van der Waals surface area contributed by atoms with E-state index in [4.69, 9.17) is 14.2 Å². The molecule has 0 bridgehead atoms. The third-order valence-corrected chi connectivity index (χ3v) is 4.26. The molecule has 9 nitrogen and oxygen atoms in total. The molecule has 0 saturated carbocycles. The minimum atomic E-state index is -1.57. The quantitative estimate of drug-likeness (QED) is 0.256. The first kappa shape index (κ1) is 18.3. The molecule has 0 aliphatic carbocycles. The molecule has 0 amide bonds. The van der Waals surface area contributed by atoms with E-state index in [2.05, 4.69) is 12.6 Å². The Balaban J connectivity index is 2.09. The van der Waals surface area contributed by atoms with E-state index in [-0.39, 0.29) is 12.4 Å². The van der Waals surface area contributed by atoms with E-state index in [1.165, 1.54) is 0 Å². The summed E-state index contributed by atoms with van der Waals surface area (Å²) in [5.41, 5.74) is 0. The molecule has 22 heavy (non-hydrogen) atoms. The minimum Gasteiger partial charge on any atom is -0.394 e. The molecule has 0 aromatic heterocycles. The second-order valence-electron chi connectivity index (χ2n) is 5.41. The van der Waals surface area contributed by atoms with E-state index < -0.39 is 61.7 Å². The lowest BCUT2D eigenvalue weighted by Crippen LogP contribution is -2.62. The second kappa shape index (κ2) is 7.71. The van der Waals surface area contributed by atoms with Crippen LogP contribution in [0.15, 0.2) is 0 Å². The highest BCUT2D eigenvalue weighted by Gasteiger charge is 2.48. The number of ether oxygens (including phenoxy) is 3. The highest BCUT2D eigenvalue weighted by molar-refractivity contribution is 7.80. The van der Waals surface area contributed by atoms with Gasteiger partial charge in [-0.15, -0.1) is 0 Å². The summed E-state index contributed by atoms with van der Waals surface area (Å²) in [6.45, 7) is -0.640. The molecule has 0 spiro atoms. The number of thiol groups is 1. The van der Waals surface area contributed by atoms with E-state index in [1.807, 2.05) is 0 Å². The van der Waals surface area contributed by atoms with Crippen LogP contribution in [0.1, 0.15) is 0 Å². The van der Waals surface area contributed by atoms with E-state index in [0.717, 1.165) is 0 Å². The third-order valence-electron chi connectivity index (χ3n) is 3.90. The molecular formula is C12H22O9S. The summed E-state index contributed by atoms with van der Waals surface area (Å²) >= 11 is 3.98. The Morgan fingerprint density at radius 3 is 2.23 bits per heavy atom. The molecule has 2 aliphatic rings. The van der Waals surface area contributed by atoms with Crippen LogP contribution >= 0.6 is 12.6 Å². The van der Waals surface area contributed by atoms with Gasteiger partial charge in [0.25, 0.3) is 0 Å². The Morgan fingerprint density at radius 1 is 0.955 bits per heavy atom. The monoisotopic (exact) mass is 342 g/mol. The molecule has 6 N–H and O–H groups in total. The average molecular weight is 342 g/mol. The van der Waals surface area contributed by atoms with Gasteiger partial charge >= 0.3 is 0 Å². The van der Waals surface area contributed by atoms with Crippen LogP contribution in [0.3, 0.4) is 0 Å². The molecule has 2 heterocycles. The zero-order valence-electron chi connectivity index (χ0n) is 11.7. The molecule has 130 valence electrons. The third kappa shape index (κ3) is 3.56. The van der Waals surface area contributed by atoms with Crippen LogP contribution in [-0.2, 0) is 14.2 Å². The van der Waals surface area contributed by atoms with Crippen molar-refractivity contribution in [3.63, 3.8) is 0 Å². The van der Waals surface area contributed by atoms with Gasteiger partial charge in [-0.3, -0.25) is 0 Å². The second-order valence-corrected chi connectivity index (χ2v) is 5.78. The van der Waals surface area contributed by atoms with Gasteiger partial charge in [0, 0.05) is 5.75 Å². The Kier molecular flexibility index (Phi) is 6.42. The zero-order valence-corrected chi connectivity index (χ0v) is 12.6. The molecule has 2 saturated heterocycles. The lowest BCUT2D eigenvalue weighted by atomic mass is 9.98. The van der Waals surface area contributed by atoms with Gasteiger partial charge < -0.3 is 44.8 Å². The first-order valence-electron chi connectivity index (χ1n) is 6.95. The first-order valence-corrected chi connectivity index (χ1v) is 7.58. The van der Waals surface area contributed by atoms with Gasteiger partial charge in [0.2, 0.25) is 0 Å². The minimum absolute atomic E-state index is 0.0700. The van der Waals surface area contributed by atoms with Crippen LogP contribution in [0.2, 0.25) is 0 Å². The SMILES string of the molecule is OCC1OCC(O)C(O)[C@@H]1O[C@@H]1OC(CS)[C@H](O)C(O)C1O. The maximum Gasteiger partial charge on any atom is 0.187 e. The lowest BCUT2D eigenvalue weighted by Gasteiger charge is -2.44. The number of aliphatic hydroxyl groups excluding tert-OH is 6. The largest absolute Gasteiger partial charge is 0.394 e. The summed E-state index contributed by atoms with van der Waals surface area (Å²) < 4.78 is 15.9. The Bertz CT molecular complexity index is 355. The van der Waals surface area contributed by atoms with Gasteiger partial charge in [0.05, 0.1) is 19.3 Å². The molecule has 6 unspecified atom stereocenters. The average Bonchev–Trinajstić information content (AvgIpc) is 2.52. The van der Waals surface area contributed by atoms with Crippen LogP contribution in [0.4, 0.5) is 0 Å². The number of rotatable bonds is 4. The molecule has 0 aromatic rings. The summed E-state index contributed by atoms with van der Waals surface area (Å²) in [6, 6.07) is 0. The van der Waals surface area contributed by atoms with Crippen LogP contribution in [-0.4, -0.2) is 105 Å². The molecule has 2 aliphatic heterocycles. The fraction of sp³-hybridized carbons (Fsp3) is 1.00. The van der Waals surface area contributed by atoms with Gasteiger partial charge in [-0.25, -0.2) is 0 Å². The molecule has 0 aromatic carbocycles. The smallest absolute Gasteiger partial charge is 0.187 e. The summed E-state index contributed by atoms with van der Waals surface area (Å²) in [6.07, 6.45) is -11.4. The molecular weight excluding hydrogens is 320 g/mol. The zero-order chi connectivity index (χ0) is 16.4. The molecule has 10 heteroatoms. The van der Waals surface area contributed by atoms with Gasteiger partial charge in [0.15, 0.2) is 6.29 Å². The van der Waals surface area contributed by atoms with Crippen LogP contribution in [0.5, 0.6) is 0 Å². The maximum atomic E-state index is 9.97. The van der Waals surface area contributed by atoms with E-state index >= 15 is 0 Å². The number of hydrogen-bond donors (Lipinski definition) is 7. The first-order chi connectivity index (χ1) is 10.4. The summed E-state index contributed by atoms with van der Waals surface area (Å²) in [4.78, 5) is 0. The number of aliphatic hydroxyl groups is 6. The highest BCUT2D eigenvalue weighted by Crippen LogP contribution is 2.27. The fourth-order valence-electron chi connectivity index (χ4n) is 2.51. The van der Waals surface area contributed by atoms with Crippen molar-refractivity contribution < 1.29 is 44.8 Å². The van der Waals surface area contributed by atoms with E-state index in [9.17, 15) is 30.6 Å².